The van der Waals surface area contributed by atoms with Crippen molar-refractivity contribution in [2.75, 3.05) is 5.32 Å². The van der Waals surface area contributed by atoms with Crippen LogP contribution in [0.15, 0.2) is 12.1 Å². The topological polar surface area (TPSA) is 104 Å². The Kier molecular flexibility index (Phi) is 7.28. The third-order valence-electron chi connectivity index (χ3n) is 3.34. The highest BCUT2D eigenvalue weighted by Gasteiger charge is 2.22. The Hall–Kier alpha value is -1.34. The lowest BCUT2D eigenvalue weighted by atomic mass is 10.0. The Balaban J connectivity index is 2.76. The van der Waals surface area contributed by atoms with Gasteiger partial charge in [0.05, 0.1) is 23.4 Å². The number of carbonyl (C=O) groups is 2. The smallest absolute Gasteiger partial charge is 0.246 e. The second-order valence-corrected chi connectivity index (χ2v) is 6.39. The zero-order valence-corrected chi connectivity index (χ0v) is 14.7. The summed E-state index contributed by atoms with van der Waals surface area (Å²) < 4.78 is 0. The normalized spacial score (nSPS) is 13.6. The molecule has 5 N–H and O–H groups in total. The molecule has 0 saturated carbocycles. The van der Waals surface area contributed by atoms with Crippen molar-refractivity contribution in [3.8, 4) is 0 Å². The van der Waals surface area contributed by atoms with Crippen LogP contribution in [0.2, 0.25) is 10.0 Å². The third kappa shape index (κ3) is 5.35. The van der Waals surface area contributed by atoms with E-state index in [0.29, 0.717) is 11.3 Å². The van der Waals surface area contributed by atoms with Gasteiger partial charge in [0.2, 0.25) is 11.8 Å². The summed E-state index contributed by atoms with van der Waals surface area (Å²) in [6, 6.07) is 1.44. The van der Waals surface area contributed by atoms with E-state index in [1.165, 1.54) is 19.1 Å². The number of carbonyl (C=O) groups excluding carboxylic acids is 2. The van der Waals surface area contributed by atoms with Crippen LogP contribution in [0.4, 0.5) is 5.69 Å². The van der Waals surface area contributed by atoms with Crippen LogP contribution in [0.3, 0.4) is 0 Å². The Morgan fingerprint density at radius 3 is 2.30 bits per heavy atom. The molecule has 6 nitrogen and oxygen atoms in total. The molecule has 0 fully saturated rings. The molecular weight excluding hydrogens is 341 g/mol. The molecule has 1 aromatic carbocycles. The highest BCUT2D eigenvalue weighted by molar-refractivity contribution is 6.36. The fourth-order valence-electron chi connectivity index (χ4n) is 1.72. The number of halogens is 2. The van der Waals surface area contributed by atoms with Crippen molar-refractivity contribution in [2.24, 2.45) is 11.7 Å². The van der Waals surface area contributed by atoms with E-state index < -0.39 is 23.9 Å². The van der Waals surface area contributed by atoms with E-state index in [9.17, 15) is 9.59 Å². The van der Waals surface area contributed by atoms with E-state index in [-0.39, 0.29) is 22.6 Å². The van der Waals surface area contributed by atoms with Crippen molar-refractivity contribution in [1.29, 1.82) is 0 Å². The maximum absolute atomic E-state index is 12.1. The third-order valence-corrected chi connectivity index (χ3v) is 4.00. The van der Waals surface area contributed by atoms with Crippen LogP contribution in [0.5, 0.6) is 0 Å². The number of anilines is 1. The fraction of sp³-hybridized carbons (Fsp3) is 0.467. The summed E-state index contributed by atoms with van der Waals surface area (Å²) in [5, 5.41) is 14.8. The lowest BCUT2D eigenvalue weighted by molar-refractivity contribution is -0.127. The minimum Gasteiger partial charge on any atom is -0.392 e. The van der Waals surface area contributed by atoms with Gasteiger partial charge in [-0.25, -0.2) is 0 Å². The molecule has 0 aromatic heterocycles. The first-order valence-electron chi connectivity index (χ1n) is 7.13. The van der Waals surface area contributed by atoms with Crippen molar-refractivity contribution in [2.45, 2.75) is 39.5 Å². The predicted molar refractivity (Wildman–Crippen MR) is 91.4 cm³/mol. The van der Waals surface area contributed by atoms with Gasteiger partial charge in [-0.05, 0) is 30.5 Å². The number of rotatable bonds is 6. The minimum atomic E-state index is -0.792. The first-order valence-corrected chi connectivity index (χ1v) is 7.88. The van der Waals surface area contributed by atoms with Gasteiger partial charge in [0.1, 0.15) is 6.04 Å². The highest BCUT2D eigenvalue weighted by atomic mass is 35.5. The monoisotopic (exact) mass is 361 g/mol. The molecule has 0 aliphatic heterocycles. The molecule has 0 aliphatic carbocycles. The average molecular weight is 362 g/mol. The maximum atomic E-state index is 12.1. The fourth-order valence-corrected chi connectivity index (χ4v) is 2.18. The summed E-state index contributed by atoms with van der Waals surface area (Å²) in [6.07, 6.45) is 0. The van der Waals surface area contributed by atoms with Gasteiger partial charge in [0, 0.05) is 5.02 Å². The standard InChI is InChI=1S/C15H21Cl2N3O3/c1-7(2)13(18)15(23)19-8(3)14(22)20-12-5-10(16)9(6-21)4-11(12)17/h4-5,7-8,13,21H,6,18H2,1-3H3,(H,19,23)(H,20,22)/t8-,13-/m0/s1. The van der Waals surface area contributed by atoms with Crippen molar-refractivity contribution in [1.82, 2.24) is 5.32 Å². The molecule has 0 spiro atoms. The number of hydrogen-bond donors (Lipinski definition) is 4. The molecule has 8 heteroatoms. The lowest BCUT2D eigenvalue weighted by Crippen LogP contribution is -2.50. The molecule has 2 amide bonds. The van der Waals surface area contributed by atoms with E-state index in [1.54, 1.807) is 0 Å². The number of hydrogen-bond acceptors (Lipinski definition) is 4. The number of nitrogens with one attached hydrogen (secondary N) is 2. The summed E-state index contributed by atoms with van der Waals surface area (Å²) >= 11 is 12.0. The number of aliphatic hydroxyl groups is 1. The van der Waals surface area contributed by atoms with Gasteiger partial charge in [-0.2, -0.15) is 0 Å². The van der Waals surface area contributed by atoms with E-state index in [1.807, 2.05) is 13.8 Å². The summed E-state index contributed by atoms with van der Waals surface area (Å²) in [6.45, 7) is 4.92. The van der Waals surface area contributed by atoms with E-state index >= 15 is 0 Å². The predicted octanol–water partition coefficient (Wildman–Crippen LogP) is 1.91. The number of amides is 2. The largest absolute Gasteiger partial charge is 0.392 e. The van der Waals surface area contributed by atoms with Gasteiger partial charge in [-0.15, -0.1) is 0 Å². The van der Waals surface area contributed by atoms with Crippen LogP contribution in [0.25, 0.3) is 0 Å². The van der Waals surface area contributed by atoms with Crippen LogP contribution in [-0.4, -0.2) is 29.0 Å². The van der Waals surface area contributed by atoms with Gasteiger partial charge >= 0.3 is 0 Å². The number of nitrogens with two attached hydrogens (primary N) is 1. The van der Waals surface area contributed by atoms with E-state index in [4.69, 9.17) is 34.0 Å². The molecule has 2 atom stereocenters. The molecule has 128 valence electrons. The Morgan fingerprint density at radius 1 is 1.17 bits per heavy atom. The van der Waals surface area contributed by atoms with Crippen LogP contribution in [0, 0.1) is 5.92 Å². The van der Waals surface area contributed by atoms with Crippen LogP contribution in [-0.2, 0) is 16.2 Å². The number of benzene rings is 1. The number of aliphatic hydroxyl groups excluding tert-OH is 1. The van der Waals surface area contributed by atoms with E-state index in [2.05, 4.69) is 10.6 Å². The zero-order chi connectivity index (χ0) is 17.7. The second-order valence-electron chi connectivity index (χ2n) is 5.57. The van der Waals surface area contributed by atoms with Crippen LogP contribution in [0.1, 0.15) is 26.3 Å². The molecule has 1 rings (SSSR count). The van der Waals surface area contributed by atoms with Gasteiger partial charge in [0.15, 0.2) is 0 Å². The summed E-state index contributed by atoms with van der Waals surface area (Å²) in [5.74, 6) is -0.893. The molecule has 0 radical (unpaired) electrons. The average Bonchev–Trinajstić information content (AvgIpc) is 2.49. The molecule has 0 bridgehead atoms. The second kappa shape index (κ2) is 8.49. The maximum Gasteiger partial charge on any atom is 0.246 e. The Morgan fingerprint density at radius 2 is 1.78 bits per heavy atom. The SMILES string of the molecule is CC(C)[C@H](N)C(=O)N[C@@H](C)C(=O)Nc1cc(Cl)c(CO)cc1Cl. The highest BCUT2D eigenvalue weighted by Crippen LogP contribution is 2.29. The molecule has 0 unspecified atom stereocenters. The summed E-state index contributed by atoms with van der Waals surface area (Å²) in [4.78, 5) is 24.0. The summed E-state index contributed by atoms with van der Waals surface area (Å²) in [7, 11) is 0. The van der Waals surface area contributed by atoms with Gasteiger partial charge in [-0.3, -0.25) is 9.59 Å². The zero-order valence-electron chi connectivity index (χ0n) is 13.2. The van der Waals surface area contributed by atoms with Crippen molar-refractivity contribution in [3.05, 3.63) is 27.7 Å². The lowest BCUT2D eigenvalue weighted by Gasteiger charge is -2.19. The van der Waals surface area contributed by atoms with E-state index in [0.717, 1.165) is 0 Å². The van der Waals surface area contributed by atoms with Crippen LogP contribution < -0.4 is 16.4 Å². The molecule has 0 aliphatic rings. The van der Waals surface area contributed by atoms with Gasteiger partial charge < -0.3 is 21.5 Å². The molecule has 0 heterocycles. The first kappa shape index (κ1) is 19.7. The van der Waals surface area contributed by atoms with Crippen molar-refractivity contribution < 1.29 is 14.7 Å². The van der Waals surface area contributed by atoms with Gasteiger partial charge in [-0.1, -0.05) is 37.0 Å². The van der Waals surface area contributed by atoms with Crippen molar-refractivity contribution in [3.63, 3.8) is 0 Å². The van der Waals surface area contributed by atoms with Crippen LogP contribution >= 0.6 is 23.2 Å². The minimum absolute atomic E-state index is 0.0375. The quantitative estimate of drug-likeness (QED) is 0.621. The first-order chi connectivity index (χ1) is 10.7. The molecule has 0 saturated heterocycles. The van der Waals surface area contributed by atoms with Crippen molar-refractivity contribution >= 4 is 40.7 Å². The molecule has 1 aromatic rings. The molecular formula is C15H21Cl2N3O3. The molecule has 23 heavy (non-hydrogen) atoms. The Bertz CT molecular complexity index is 594. The Labute approximate surface area is 145 Å². The van der Waals surface area contributed by atoms with Gasteiger partial charge in [0.25, 0.3) is 0 Å². The summed E-state index contributed by atoms with van der Waals surface area (Å²) in [5.41, 5.74) is 6.49.